The lowest BCUT2D eigenvalue weighted by molar-refractivity contribution is -0.675. The fraction of sp³-hybridized carbons (Fsp3) is 1.00. The van der Waals surface area contributed by atoms with E-state index in [2.05, 4.69) is 13.8 Å². The summed E-state index contributed by atoms with van der Waals surface area (Å²) in [6.45, 7) is 6.69. The summed E-state index contributed by atoms with van der Waals surface area (Å²) in [5.74, 6) is 0.275. The number of rotatable bonds is 7. The molecule has 17 heavy (non-hydrogen) atoms. The molecule has 0 aromatic rings. The SMILES string of the molecule is CCCCC(CC)C1OCC(CC)N1[N+](=O)[O-]. The van der Waals surface area contributed by atoms with Gasteiger partial charge in [-0.25, -0.2) is 10.1 Å². The molecule has 0 spiro atoms. The van der Waals surface area contributed by atoms with Gasteiger partial charge in [0.15, 0.2) is 11.3 Å². The van der Waals surface area contributed by atoms with Crippen LogP contribution in [-0.2, 0) is 4.74 Å². The van der Waals surface area contributed by atoms with Gasteiger partial charge in [0.2, 0.25) is 0 Å². The molecule has 1 rings (SSSR count). The molecular formula is C12H24N2O3. The first kappa shape index (κ1) is 14.2. The van der Waals surface area contributed by atoms with Crippen LogP contribution in [0.5, 0.6) is 0 Å². The summed E-state index contributed by atoms with van der Waals surface area (Å²) in [5.41, 5.74) is 0. The minimum absolute atomic E-state index is 0.0642. The summed E-state index contributed by atoms with van der Waals surface area (Å²) in [6.07, 6.45) is 4.62. The highest BCUT2D eigenvalue weighted by Gasteiger charge is 2.44. The summed E-state index contributed by atoms with van der Waals surface area (Å²) >= 11 is 0. The lowest BCUT2D eigenvalue weighted by atomic mass is 9.97. The van der Waals surface area contributed by atoms with E-state index in [4.69, 9.17) is 4.74 Å². The molecule has 0 N–H and O–H groups in total. The van der Waals surface area contributed by atoms with Crippen molar-refractivity contribution in [2.45, 2.75) is 65.1 Å². The van der Waals surface area contributed by atoms with Crippen LogP contribution in [0.15, 0.2) is 0 Å². The van der Waals surface area contributed by atoms with Crippen LogP contribution in [0.1, 0.15) is 52.9 Å². The fourth-order valence-electron chi connectivity index (χ4n) is 2.47. The maximum Gasteiger partial charge on any atom is 0.190 e. The van der Waals surface area contributed by atoms with E-state index in [1.54, 1.807) is 0 Å². The quantitative estimate of drug-likeness (QED) is 0.510. The Morgan fingerprint density at radius 3 is 2.65 bits per heavy atom. The van der Waals surface area contributed by atoms with Crippen molar-refractivity contribution in [2.24, 2.45) is 5.92 Å². The Balaban J connectivity index is 2.69. The van der Waals surface area contributed by atoms with Crippen molar-refractivity contribution in [1.29, 1.82) is 0 Å². The van der Waals surface area contributed by atoms with Gasteiger partial charge in [-0.3, -0.25) is 0 Å². The first-order valence-electron chi connectivity index (χ1n) is 6.69. The van der Waals surface area contributed by atoms with Crippen molar-refractivity contribution in [1.82, 2.24) is 5.01 Å². The number of ether oxygens (including phenoxy) is 1. The van der Waals surface area contributed by atoms with Crippen LogP contribution in [0.2, 0.25) is 0 Å². The van der Waals surface area contributed by atoms with Crippen LogP contribution in [0.4, 0.5) is 0 Å². The molecule has 5 nitrogen and oxygen atoms in total. The molecule has 3 atom stereocenters. The fourth-order valence-corrected chi connectivity index (χ4v) is 2.47. The molecular weight excluding hydrogens is 220 g/mol. The molecule has 1 aliphatic rings. The van der Waals surface area contributed by atoms with Crippen molar-refractivity contribution in [3.63, 3.8) is 0 Å². The van der Waals surface area contributed by atoms with Crippen LogP contribution >= 0.6 is 0 Å². The Labute approximate surface area is 103 Å². The monoisotopic (exact) mass is 244 g/mol. The molecule has 0 aromatic heterocycles. The minimum Gasteiger partial charge on any atom is -0.350 e. The highest BCUT2D eigenvalue weighted by molar-refractivity contribution is 4.78. The first-order valence-corrected chi connectivity index (χ1v) is 6.69. The number of hydrogen-bond acceptors (Lipinski definition) is 3. The second-order valence-electron chi connectivity index (χ2n) is 4.71. The van der Waals surface area contributed by atoms with Crippen LogP contribution in [0, 0.1) is 16.0 Å². The summed E-state index contributed by atoms with van der Waals surface area (Å²) in [4.78, 5) is 11.1. The minimum atomic E-state index is -0.327. The summed E-state index contributed by atoms with van der Waals surface area (Å²) in [5, 5.41) is 12.2. The Bertz CT molecular complexity index is 248. The van der Waals surface area contributed by atoms with Crippen LogP contribution < -0.4 is 0 Å². The number of hydrazine groups is 1. The van der Waals surface area contributed by atoms with Gasteiger partial charge in [0.05, 0.1) is 6.61 Å². The third kappa shape index (κ3) is 3.31. The van der Waals surface area contributed by atoms with Gasteiger partial charge in [-0.2, -0.15) is 0 Å². The van der Waals surface area contributed by atoms with Gasteiger partial charge in [0, 0.05) is 5.92 Å². The zero-order chi connectivity index (χ0) is 12.8. The number of nitro groups is 1. The smallest absolute Gasteiger partial charge is 0.190 e. The second kappa shape index (κ2) is 6.79. The lowest BCUT2D eigenvalue weighted by Gasteiger charge is -2.26. The van der Waals surface area contributed by atoms with E-state index >= 15 is 0 Å². The van der Waals surface area contributed by atoms with Gasteiger partial charge in [0.1, 0.15) is 6.04 Å². The van der Waals surface area contributed by atoms with Crippen LogP contribution in [-0.4, -0.2) is 28.9 Å². The largest absolute Gasteiger partial charge is 0.350 e. The molecule has 0 aliphatic carbocycles. The molecule has 5 heteroatoms. The predicted molar refractivity (Wildman–Crippen MR) is 66.0 cm³/mol. The van der Waals surface area contributed by atoms with E-state index in [1.165, 1.54) is 5.01 Å². The first-order chi connectivity index (χ1) is 8.15. The van der Waals surface area contributed by atoms with Crippen molar-refractivity contribution in [3.05, 3.63) is 10.1 Å². The molecule has 0 amide bonds. The standard InChI is InChI=1S/C12H24N2O3/c1-4-7-8-10(5-2)12-13(14(15)16)11(6-3)9-17-12/h10-12H,4-9H2,1-3H3. The molecule has 0 radical (unpaired) electrons. The maximum absolute atomic E-state index is 11.1. The predicted octanol–water partition coefficient (Wildman–Crippen LogP) is 2.83. The molecule has 1 heterocycles. The number of hydrogen-bond donors (Lipinski definition) is 0. The zero-order valence-corrected chi connectivity index (χ0v) is 11.1. The molecule has 100 valence electrons. The molecule has 0 bridgehead atoms. The van der Waals surface area contributed by atoms with Gasteiger partial charge in [-0.15, -0.1) is 0 Å². The average molecular weight is 244 g/mol. The van der Waals surface area contributed by atoms with E-state index in [-0.39, 0.29) is 23.2 Å². The second-order valence-corrected chi connectivity index (χ2v) is 4.71. The zero-order valence-electron chi connectivity index (χ0n) is 11.1. The molecule has 1 aliphatic heterocycles. The number of nitrogens with zero attached hydrogens (tertiary/aromatic N) is 2. The topological polar surface area (TPSA) is 55.6 Å². The third-order valence-electron chi connectivity index (χ3n) is 3.61. The van der Waals surface area contributed by atoms with E-state index < -0.39 is 0 Å². The van der Waals surface area contributed by atoms with Gasteiger partial charge in [-0.05, 0) is 19.3 Å². The van der Waals surface area contributed by atoms with Gasteiger partial charge in [-0.1, -0.05) is 38.6 Å². The normalized spacial score (nSPS) is 26.2. The molecule has 3 unspecified atom stereocenters. The van der Waals surface area contributed by atoms with Crippen LogP contribution in [0.25, 0.3) is 0 Å². The van der Waals surface area contributed by atoms with Crippen molar-refractivity contribution in [3.8, 4) is 0 Å². The number of unbranched alkanes of at least 4 members (excludes halogenated alkanes) is 1. The van der Waals surface area contributed by atoms with E-state index in [1.807, 2.05) is 6.92 Å². The Hall–Kier alpha value is -0.840. The Morgan fingerprint density at radius 1 is 1.47 bits per heavy atom. The van der Waals surface area contributed by atoms with Crippen molar-refractivity contribution < 1.29 is 9.77 Å². The Morgan fingerprint density at radius 2 is 2.18 bits per heavy atom. The van der Waals surface area contributed by atoms with Crippen molar-refractivity contribution in [2.75, 3.05) is 6.61 Å². The molecule has 0 aromatic carbocycles. The Kier molecular flexibility index (Phi) is 5.68. The van der Waals surface area contributed by atoms with Gasteiger partial charge < -0.3 is 4.74 Å². The molecule has 1 saturated heterocycles. The summed E-state index contributed by atoms with van der Waals surface area (Å²) in [7, 11) is 0. The van der Waals surface area contributed by atoms with E-state index in [0.717, 1.165) is 32.1 Å². The highest BCUT2D eigenvalue weighted by Crippen LogP contribution is 2.29. The van der Waals surface area contributed by atoms with Gasteiger partial charge >= 0.3 is 0 Å². The van der Waals surface area contributed by atoms with Crippen molar-refractivity contribution >= 4 is 0 Å². The summed E-state index contributed by atoms with van der Waals surface area (Å²) < 4.78 is 5.66. The molecule has 1 fully saturated rings. The average Bonchev–Trinajstić information content (AvgIpc) is 2.74. The van der Waals surface area contributed by atoms with Gasteiger partial charge in [0.25, 0.3) is 0 Å². The van der Waals surface area contributed by atoms with E-state index in [0.29, 0.717) is 6.61 Å². The van der Waals surface area contributed by atoms with Crippen LogP contribution in [0.3, 0.4) is 0 Å². The molecule has 0 saturated carbocycles. The third-order valence-corrected chi connectivity index (χ3v) is 3.61. The highest BCUT2D eigenvalue weighted by atomic mass is 16.7. The van der Waals surface area contributed by atoms with E-state index in [9.17, 15) is 10.1 Å². The lowest BCUT2D eigenvalue weighted by Crippen LogP contribution is -2.44. The summed E-state index contributed by atoms with van der Waals surface area (Å²) in [6, 6.07) is -0.0642. The maximum atomic E-state index is 11.1.